The highest BCUT2D eigenvalue weighted by atomic mass is 127. The van der Waals surface area contributed by atoms with Gasteiger partial charge in [-0.3, -0.25) is 4.79 Å². The number of nitrogens with two attached hydrogens (primary N) is 1. The first kappa shape index (κ1) is 22.8. The van der Waals surface area contributed by atoms with Crippen LogP contribution in [0.4, 0.5) is 11.4 Å². The van der Waals surface area contributed by atoms with Gasteiger partial charge in [0.1, 0.15) is 11.5 Å². The zero-order valence-electron chi connectivity index (χ0n) is 16.6. The number of halogens is 1. The molecule has 0 aromatic heterocycles. The van der Waals surface area contributed by atoms with E-state index >= 15 is 0 Å². The average molecular weight is 510 g/mol. The molecule has 0 spiro atoms. The predicted octanol–water partition coefficient (Wildman–Crippen LogP) is 3.99. The van der Waals surface area contributed by atoms with Crippen LogP contribution in [-0.2, 0) is 11.3 Å². The van der Waals surface area contributed by atoms with Crippen LogP contribution in [0.2, 0.25) is 0 Å². The van der Waals surface area contributed by atoms with E-state index < -0.39 is 0 Å². The summed E-state index contributed by atoms with van der Waals surface area (Å²) < 4.78 is 10.6. The highest BCUT2D eigenvalue weighted by molar-refractivity contribution is 14.0. The molecule has 0 bridgehead atoms. The lowest BCUT2D eigenvalue weighted by Crippen LogP contribution is -2.28. The number of nitrogens with zero attached hydrogens (tertiary/aromatic N) is 1. The molecular weight excluding hydrogens is 483 g/mol. The Labute approximate surface area is 188 Å². The number of carbonyl (C=O) groups excluding carboxylic acids is 1. The maximum Gasteiger partial charge on any atom is 0.227 e. The standard InChI is InChI=1S/C21H26N4O3.HI/c1-27-17-9-10-19(28-2)18(12-17)25-21(22)23-13-14-5-3-8-16(11-14)24-20(26)15-6-4-7-15;/h3,5,8-12,15H,4,6-7,13H2,1-2H3,(H,24,26)(H3,22,23,25);1H. The molecule has 7 nitrogen and oxygen atoms in total. The minimum Gasteiger partial charge on any atom is -0.497 e. The smallest absolute Gasteiger partial charge is 0.227 e. The van der Waals surface area contributed by atoms with E-state index in [-0.39, 0.29) is 41.8 Å². The highest BCUT2D eigenvalue weighted by Crippen LogP contribution is 2.29. The van der Waals surface area contributed by atoms with Gasteiger partial charge in [-0.1, -0.05) is 18.6 Å². The summed E-state index contributed by atoms with van der Waals surface area (Å²) in [6, 6.07) is 13.0. The van der Waals surface area contributed by atoms with E-state index in [1.54, 1.807) is 32.4 Å². The van der Waals surface area contributed by atoms with Gasteiger partial charge >= 0.3 is 0 Å². The Balaban J connectivity index is 0.00000300. The summed E-state index contributed by atoms with van der Waals surface area (Å²) in [5, 5.41) is 6.01. The summed E-state index contributed by atoms with van der Waals surface area (Å²) >= 11 is 0. The molecule has 2 aromatic carbocycles. The zero-order chi connectivity index (χ0) is 19.9. The van der Waals surface area contributed by atoms with Crippen molar-refractivity contribution in [2.45, 2.75) is 25.8 Å². The number of guanidine groups is 1. The Bertz CT molecular complexity index is 869. The summed E-state index contributed by atoms with van der Waals surface area (Å²) in [5.41, 5.74) is 8.43. The molecule has 2 aromatic rings. The van der Waals surface area contributed by atoms with Crippen LogP contribution in [0.15, 0.2) is 47.5 Å². The molecule has 4 N–H and O–H groups in total. The summed E-state index contributed by atoms with van der Waals surface area (Å²) in [6.45, 7) is 0.387. The number of methoxy groups -OCH3 is 2. The normalized spacial score (nSPS) is 13.7. The molecule has 1 aliphatic carbocycles. The van der Waals surface area contributed by atoms with Gasteiger partial charge in [0, 0.05) is 17.7 Å². The van der Waals surface area contributed by atoms with Gasteiger partial charge in [0.2, 0.25) is 5.91 Å². The molecule has 0 saturated heterocycles. The fraction of sp³-hybridized carbons (Fsp3) is 0.333. The second-order valence-electron chi connectivity index (χ2n) is 6.71. The number of rotatable bonds is 7. The van der Waals surface area contributed by atoms with E-state index in [2.05, 4.69) is 15.6 Å². The van der Waals surface area contributed by atoms with Gasteiger partial charge in [-0.05, 0) is 42.7 Å². The molecular formula is C21H27IN4O3. The molecule has 0 heterocycles. The largest absolute Gasteiger partial charge is 0.497 e. The number of carbonyl (C=O) groups is 1. The van der Waals surface area contributed by atoms with Gasteiger partial charge in [0.25, 0.3) is 0 Å². The van der Waals surface area contributed by atoms with Crippen LogP contribution in [-0.4, -0.2) is 26.1 Å². The summed E-state index contributed by atoms with van der Waals surface area (Å²) in [5.74, 6) is 1.83. The van der Waals surface area contributed by atoms with Crippen LogP contribution < -0.4 is 25.8 Å². The quantitative estimate of drug-likeness (QED) is 0.298. The van der Waals surface area contributed by atoms with Crippen molar-refractivity contribution in [3.8, 4) is 11.5 Å². The van der Waals surface area contributed by atoms with Gasteiger partial charge in [-0.2, -0.15) is 0 Å². The van der Waals surface area contributed by atoms with Gasteiger partial charge in [0.15, 0.2) is 5.96 Å². The van der Waals surface area contributed by atoms with Gasteiger partial charge in [0.05, 0.1) is 26.5 Å². The van der Waals surface area contributed by atoms with E-state index in [0.717, 1.165) is 30.5 Å². The number of benzene rings is 2. The van der Waals surface area contributed by atoms with Crippen molar-refractivity contribution in [3.05, 3.63) is 48.0 Å². The van der Waals surface area contributed by atoms with Crippen LogP contribution in [0.3, 0.4) is 0 Å². The number of ether oxygens (including phenoxy) is 2. The van der Waals surface area contributed by atoms with Gasteiger partial charge in [-0.25, -0.2) is 4.99 Å². The molecule has 0 aliphatic heterocycles. The molecule has 8 heteroatoms. The van der Waals surface area contributed by atoms with Crippen LogP contribution in [0.25, 0.3) is 0 Å². The molecule has 1 saturated carbocycles. The van der Waals surface area contributed by atoms with E-state index in [1.165, 1.54) is 0 Å². The third-order valence-corrected chi connectivity index (χ3v) is 4.77. The van der Waals surface area contributed by atoms with E-state index in [4.69, 9.17) is 15.2 Å². The fourth-order valence-corrected chi connectivity index (χ4v) is 2.93. The minimum atomic E-state index is 0. The maximum atomic E-state index is 12.1. The molecule has 0 atom stereocenters. The average Bonchev–Trinajstić information content (AvgIpc) is 2.65. The molecule has 1 amide bonds. The molecule has 1 fully saturated rings. The Morgan fingerprint density at radius 2 is 1.93 bits per heavy atom. The van der Waals surface area contributed by atoms with Crippen molar-refractivity contribution in [3.63, 3.8) is 0 Å². The first-order valence-corrected chi connectivity index (χ1v) is 9.28. The number of anilines is 2. The molecule has 156 valence electrons. The number of aliphatic imine (C=N–C) groups is 1. The summed E-state index contributed by atoms with van der Waals surface area (Å²) in [4.78, 5) is 16.5. The first-order valence-electron chi connectivity index (χ1n) is 9.28. The van der Waals surface area contributed by atoms with Crippen LogP contribution >= 0.6 is 24.0 Å². The molecule has 3 rings (SSSR count). The van der Waals surface area contributed by atoms with Crippen molar-refractivity contribution >= 4 is 47.2 Å². The lowest BCUT2D eigenvalue weighted by molar-refractivity contribution is -0.122. The van der Waals surface area contributed by atoms with Gasteiger partial charge < -0.3 is 25.8 Å². The minimum absolute atomic E-state index is 0. The zero-order valence-corrected chi connectivity index (χ0v) is 18.9. The Kier molecular flexibility index (Phi) is 8.56. The lowest BCUT2D eigenvalue weighted by atomic mass is 9.85. The highest BCUT2D eigenvalue weighted by Gasteiger charge is 2.25. The lowest BCUT2D eigenvalue weighted by Gasteiger charge is -2.24. The Morgan fingerprint density at radius 1 is 1.14 bits per heavy atom. The number of amides is 1. The van der Waals surface area contributed by atoms with E-state index in [9.17, 15) is 4.79 Å². The second-order valence-corrected chi connectivity index (χ2v) is 6.71. The van der Waals surface area contributed by atoms with Crippen molar-refractivity contribution in [1.82, 2.24) is 0 Å². The third-order valence-electron chi connectivity index (χ3n) is 4.77. The van der Waals surface area contributed by atoms with E-state index in [0.29, 0.717) is 23.7 Å². The topological polar surface area (TPSA) is 98.0 Å². The Hall–Kier alpha value is -2.49. The maximum absolute atomic E-state index is 12.1. The molecule has 29 heavy (non-hydrogen) atoms. The molecule has 0 unspecified atom stereocenters. The van der Waals surface area contributed by atoms with Crippen molar-refractivity contribution in [1.29, 1.82) is 0 Å². The van der Waals surface area contributed by atoms with Crippen LogP contribution in [0, 0.1) is 5.92 Å². The first-order chi connectivity index (χ1) is 13.6. The van der Waals surface area contributed by atoms with Crippen molar-refractivity contribution in [2.24, 2.45) is 16.6 Å². The van der Waals surface area contributed by atoms with Crippen LogP contribution in [0.5, 0.6) is 11.5 Å². The number of hydrogen-bond acceptors (Lipinski definition) is 4. The van der Waals surface area contributed by atoms with Crippen molar-refractivity contribution < 1.29 is 14.3 Å². The summed E-state index contributed by atoms with van der Waals surface area (Å²) in [6.07, 6.45) is 3.09. The SMILES string of the molecule is COc1ccc(OC)c(NC(N)=NCc2cccc(NC(=O)C3CCC3)c2)c1.I. The van der Waals surface area contributed by atoms with Crippen LogP contribution in [0.1, 0.15) is 24.8 Å². The Morgan fingerprint density at radius 3 is 2.59 bits per heavy atom. The third kappa shape index (κ3) is 6.25. The molecule has 1 aliphatic rings. The fourth-order valence-electron chi connectivity index (χ4n) is 2.93. The summed E-state index contributed by atoms with van der Waals surface area (Å²) in [7, 11) is 3.18. The second kappa shape index (κ2) is 10.9. The van der Waals surface area contributed by atoms with Gasteiger partial charge in [-0.15, -0.1) is 24.0 Å². The van der Waals surface area contributed by atoms with Crippen molar-refractivity contribution in [2.75, 3.05) is 24.9 Å². The number of nitrogens with one attached hydrogen (secondary N) is 2. The number of hydrogen-bond donors (Lipinski definition) is 3. The van der Waals surface area contributed by atoms with E-state index in [1.807, 2.05) is 24.3 Å². The monoisotopic (exact) mass is 510 g/mol. The predicted molar refractivity (Wildman–Crippen MR) is 126 cm³/mol. The molecule has 0 radical (unpaired) electrons.